The van der Waals surface area contributed by atoms with E-state index in [2.05, 4.69) is 20.6 Å². The van der Waals surface area contributed by atoms with E-state index in [1.54, 1.807) is 39.0 Å². The third-order valence-electron chi connectivity index (χ3n) is 4.76. The number of nitrogens with one attached hydrogen (secondary N) is 2. The molecule has 0 saturated carbocycles. The van der Waals surface area contributed by atoms with Crippen molar-refractivity contribution in [2.75, 3.05) is 15.5 Å². The fourth-order valence-electron chi connectivity index (χ4n) is 2.64. The number of hydrogen-bond acceptors (Lipinski definition) is 5. The second-order valence-electron chi connectivity index (χ2n) is 7.60. The molecule has 0 spiro atoms. The standard InChI is InChI=1S/C22H22Cl2FN5O2/c1-13(22(2,3)32)27-20-26-12-11-18(28-20)30(15-9-7-14(25)8-10-15)21(31)29-19-16(23)5-4-6-17(19)24/h4-13,32H,1-3H3,(H,29,31)(H,26,27,28)/t13-/m0/s1. The third-order valence-corrected chi connectivity index (χ3v) is 5.39. The number of para-hydroxylation sites is 1. The van der Waals surface area contributed by atoms with Crippen LogP contribution >= 0.6 is 23.2 Å². The van der Waals surface area contributed by atoms with E-state index in [9.17, 15) is 14.3 Å². The van der Waals surface area contributed by atoms with Crippen LogP contribution in [0.2, 0.25) is 10.0 Å². The molecule has 3 rings (SSSR count). The lowest BCUT2D eigenvalue weighted by Crippen LogP contribution is -2.40. The Labute approximate surface area is 195 Å². The van der Waals surface area contributed by atoms with Crippen LogP contribution in [-0.2, 0) is 0 Å². The molecule has 3 N–H and O–H groups in total. The minimum atomic E-state index is -1.03. The van der Waals surface area contributed by atoms with Crippen molar-refractivity contribution in [3.63, 3.8) is 0 Å². The van der Waals surface area contributed by atoms with Crippen LogP contribution in [-0.4, -0.2) is 32.7 Å². The highest BCUT2D eigenvalue weighted by molar-refractivity contribution is 6.40. The summed E-state index contributed by atoms with van der Waals surface area (Å²) in [4.78, 5) is 23.1. The summed E-state index contributed by atoms with van der Waals surface area (Å²) in [6, 6.07) is 10.7. The molecule has 0 aliphatic heterocycles. The second kappa shape index (κ2) is 9.68. The topological polar surface area (TPSA) is 90.4 Å². The lowest BCUT2D eigenvalue weighted by Gasteiger charge is -2.27. The Hall–Kier alpha value is -2.94. The number of anilines is 4. The van der Waals surface area contributed by atoms with Gasteiger partial charge in [0.25, 0.3) is 0 Å². The number of carbonyl (C=O) groups is 1. The number of rotatable bonds is 6. The molecule has 0 radical (unpaired) electrons. The summed E-state index contributed by atoms with van der Waals surface area (Å²) in [6.45, 7) is 5.08. The Morgan fingerprint density at radius 1 is 1.12 bits per heavy atom. The molecule has 2 aromatic carbocycles. The molecule has 0 aliphatic carbocycles. The number of benzene rings is 2. The fraction of sp³-hybridized carbons (Fsp3) is 0.227. The average molecular weight is 478 g/mol. The smallest absolute Gasteiger partial charge is 0.332 e. The van der Waals surface area contributed by atoms with Gasteiger partial charge in [0, 0.05) is 12.3 Å². The van der Waals surface area contributed by atoms with Gasteiger partial charge in [0.15, 0.2) is 0 Å². The van der Waals surface area contributed by atoms with Crippen molar-refractivity contribution in [2.45, 2.75) is 32.4 Å². The van der Waals surface area contributed by atoms with Gasteiger partial charge in [0.1, 0.15) is 11.6 Å². The average Bonchev–Trinajstić information content (AvgIpc) is 2.72. The van der Waals surface area contributed by atoms with Crippen molar-refractivity contribution in [2.24, 2.45) is 0 Å². The van der Waals surface area contributed by atoms with Crippen molar-refractivity contribution >= 4 is 52.4 Å². The van der Waals surface area contributed by atoms with Crippen molar-refractivity contribution in [1.29, 1.82) is 0 Å². The summed E-state index contributed by atoms with van der Waals surface area (Å²) in [6.07, 6.45) is 1.47. The summed E-state index contributed by atoms with van der Waals surface area (Å²) in [5.41, 5.74) is -0.447. The third kappa shape index (κ3) is 5.64. The first-order chi connectivity index (χ1) is 15.1. The highest BCUT2D eigenvalue weighted by Crippen LogP contribution is 2.32. The molecule has 1 aromatic heterocycles. The first-order valence-corrected chi connectivity index (χ1v) is 10.4. The van der Waals surface area contributed by atoms with Crippen LogP contribution < -0.4 is 15.5 Å². The highest BCUT2D eigenvalue weighted by Gasteiger charge is 2.25. The van der Waals surface area contributed by atoms with Crippen LogP contribution in [0.3, 0.4) is 0 Å². The molecule has 0 aliphatic rings. The van der Waals surface area contributed by atoms with Crippen molar-refractivity contribution in [1.82, 2.24) is 9.97 Å². The molecule has 3 aromatic rings. The molecule has 7 nitrogen and oxygen atoms in total. The maximum Gasteiger partial charge on any atom is 0.332 e. The maximum atomic E-state index is 13.5. The molecule has 0 fully saturated rings. The number of hydrogen-bond donors (Lipinski definition) is 3. The summed E-state index contributed by atoms with van der Waals surface area (Å²) in [5, 5.41) is 16.4. The highest BCUT2D eigenvalue weighted by atomic mass is 35.5. The zero-order chi connectivity index (χ0) is 23.5. The minimum Gasteiger partial charge on any atom is -0.388 e. The van der Waals surface area contributed by atoms with Gasteiger partial charge < -0.3 is 15.7 Å². The summed E-state index contributed by atoms with van der Waals surface area (Å²) in [5.74, 6) is -0.0437. The normalized spacial score (nSPS) is 12.2. The Kier molecular flexibility index (Phi) is 7.18. The van der Waals surface area contributed by atoms with E-state index < -0.39 is 17.4 Å². The van der Waals surface area contributed by atoms with Crippen LogP contribution in [0, 0.1) is 5.82 Å². The van der Waals surface area contributed by atoms with Crippen LogP contribution in [0.4, 0.5) is 32.3 Å². The quantitative estimate of drug-likeness (QED) is 0.413. The summed E-state index contributed by atoms with van der Waals surface area (Å²) >= 11 is 12.4. The Balaban J connectivity index is 1.99. The van der Waals surface area contributed by atoms with Gasteiger partial charge in [-0.05, 0) is 57.2 Å². The zero-order valence-corrected chi connectivity index (χ0v) is 19.1. The van der Waals surface area contributed by atoms with Crippen molar-refractivity contribution in [3.8, 4) is 0 Å². The number of amides is 2. The molecule has 0 bridgehead atoms. The van der Waals surface area contributed by atoms with E-state index in [1.165, 1.54) is 41.4 Å². The number of carbonyl (C=O) groups excluding carboxylic acids is 1. The van der Waals surface area contributed by atoms with Gasteiger partial charge in [-0.1, -0.05) is 29.3 Å². The molecular formula is C22H22Cl2FN5O2. The maximum absolute atomic E-state index is 13.5. The first kappa shape index (κ1) is 23.7. The molecule has 1 heterocycles. The summed E-state index contributed by atoms with van der Waals surface area (Å²) in [7, 11) is 0. The van der Waals surface area contributed by atoms with E-state index in [4.69, 9.17) is 23.2 Å². The number of aliphatic hydroxyl groups is 1. The van der Waals surface area contributed by atoms with Gasteiger partial charge in [0.2, 0.25) is 5.95 Å². The van der Waals surface area contributed by atoms with Crippen LogP contribution in [0.1, 0.15) is 20.8 Å². The molecule has 32 heavy (non-hydrogen) atoms. The Morgan fingerprint density at radius 3 is 2.34 bits per heavy atom. The molecular weight excluding hydrogens is 456 g/mol. The monoisotopic (exact) mass is 477 g/mol. The number of aromatic nitrogens is 2. The van der Waals surface area contributed by atoms with E-state index >= 15 is 0 Å². The van der Waals surface area contributed by atoms with Crippen LogP contribution in [0.25, 0.3) is 0 Å². The number of nitrogens with zero attached hydrogens (tertiary/aromatic N) is 3. The van der Waals surface area contributed by atoms with Crippen LogP contribution in [0.5, 0.6) is 0 Å². The van der Waals surface area contributed by atoms with E-state index in [1.807, 2.05) is 0 Å². The van der Waals surface area contributed by atoms with E-state index in [0.717, 1.165) is 0 Å². The fourth-order valence-corrected chi connectivity index (χ4v) is 3.13. The minimum absolute atomic E-state index is 0.202. The van der Waals surface area contributed by atoms with Crippen molar-refractivity contribution < 1.29 is 14.3 Å². The molecule has 0 saturated heterocycles. The molecule has 10 heteroatoms. The second-order valence-corrected chi connectivity index (χ2v) is 8.41. The van der Waals surface area contributed by atoms with E-state index in [-0.39, 0.29) is 33.5 Å². The largest absolute Gasteiger partial charge is 0.388 e. The predicted molar refractivity (Wildman–Crippen MR) is 125 cm³/mol. The molecule has 168 valence electrons. The Bertz CT molecular complexity index is 1090. The van der Waals surface area contributed by atoms with Gasteiger partial charge >= 0.3 is 6.03 Å². The number of halogens is 3. The van der Waals surface area contributed by atoms with Gasteiger partial charge in [-0.2, -0.15) is 4.98 Å². The number of urea groups is 1. The zero-order valence-electron chi connectivity index (χ0n) is 17.6. The lowest BCUT2D eigenvalue weighted by atomic mass is 10.0. The van der Waals surface area contributed by atoms with Gasteiger partial charge in [-0.25, -0.2) is 19.1 Å². The van der Waals surface area contributed by atoms with Crippen molar-refractivity contribution in [3.05, 3.63) is 70.6 Å². The van der Waals surface area contributed by atoms with Gasteiger partial charge in [0.05, 0.1) is 33.1 Å². The first-order valence-electron chi connectivity index (χ1n) is 9.69. The predicted octanol–water partition coefficient (Wildman–Crippen LogP) is 5.86. The molecule has 0 unspecified atom stereocenters. The van der Waals surface area contributed by atoms with Gasteiger partial charge in [-0.3, -0.25) is 0 Å². The van der Waals surface area contributed by atoms with Gasteiger partial charge in [-0.15, -0.1) is 0 Å². The SMILES string of the molecule is C[C@H](Nc1nccc(N(C(=O)Nc2c(Cl)cccc2Cl)c2ccc(F)cc2)n1)C(C)(C)O. The van der Waals surface area contributed by atoms with Crippen LogP contribution in [0.15, 0.2) is 54.7 Å². The molecule has 1 atom stereocenters. The molecule has 2 amide bonds. The lowest BCUT2D eigenvalue weighted by molar-refractivity contribution is 0.0646. The summed E-state index contributed by atoms with van der Waals surface area (Å²) < 4.78 is 13.5. The Morgan fingerprint density at radius 2 is 1.75 bits per heavy atom. The van der Waals surface area contributed by atoms with E-state index in [0.29, 0.717) is 5.69 Å².